The number of hydrogen-bond donors (Lipinski definition) is 2. The van der Waals surface area contributed by atoms with Crippen LogP contribution in [0, 0.1) is 17.8 Å². The standard InChI is InChI=1S/C12H22N2O/c1-8(13-2)7-14-12(15)11-6-9-3-4-10(11)5-9/h8-11,13H,3-7H2,1-2H3,(H,14,15). The molecule has 2 aliphatic rings. The van der Waals surface area contributed by atoms with Crippen molar-refractivity contribution in [2.45, 2.75) is 38.6 Å². The maximum absolute atomic E-state index is 11.9. The molecule has 0 aromatic heterocycles. The van der Waals surface area contributed by atoms with Crippen molar-refractivity contribution in [2.75, 3.05) is 13.6 Å². The third-order valence-electron chi connectivity index (χ3n) is 4.15. The maximum atomic E-state index is 11.9. The minimum Gasteiger partial charge on any atom is -0.354 e. The molecule has 2 rings (SSSR count). The maximum Gasteiger partial charge on any atom is 0.223 e. The van der Waals surface area contributed by atoms with Gasteiger partial charge >= 0.3 is 0 Å². The summed E-state index contributed by atoms with van der Waals surface area (Å²) in [5.74, 6) is 2.17. The molecule has 2 fully saturated rings. The molecule has 0 radical (unpaired) electrons. The Labute approximate surface area is 92.0 Å². The van der Waals surface area contributed by atoms with Gasteiger partial charge in [-0.3, -0.25) is 4.79 Å². The highest BCUT2D eigenvalue weighted by atomic mass is 16.1. The molecule has 3 heteroatoms. The normalized spacial score (nSPS) is 35.5. The smallest absolute Gasteiger partial charge is 0.223 e. The Kier molecular flexibility index (Phi) is 3.29. The van der Waals surface area contributed by atoms with Crippen LogP contribution in [0.5, 0.6) is 0 Å². The SMILES string of the molecule is CNC(C)CNC(=O)C1CC2CCC1C2. The Hall–Kier alpha value is -0.570. The molecule has 0 aliphatic heterocycles. The van der Waals surface area contributed by atoms with E-state index < -0.39 is 0 Å². The van der Waals surface area contributed by atoms with Crippen LogP contribution in [0.15, 0.2) is 0 Å². The topological polar surface area (TPSA) is 41.1 Å². The molecule has 1 amide bonds. The van der Waals surface area contributed by atoms with Gasteiger partial charge in [-0.15, -0.1) is 0 Å². The van der Waals surface area contributed by atoms with E-state index in [4.69, 9.17) is 0 Å². The highest BCUT2D eigenvalue weighted by molar-refractivity contribution is 5.79. The van der Waals surface area contributed by atoms with Crippen LogP contribution < -0.4 is 10.6 Å². The fraction of sp³-hybridized carbons (Fsp3) is 0.917. The van der Waals surface area contributed by atoms with Gasteiger partial charge in [-0.25, -0.2) is 0 Å². The second-order valence-corrected chi connectivity index (χ2v) is 5.22. The highest BCUT2D eigenvalue weighted by Crippen LogP contribution is 2.48. The first-order chi connectivity index (χ1) is 7.20. The molecule has 2 N–H and O–H groups in total. The van der Waals surface area contributed by atoms with Gasteiger partial charge in [0.15, 0.2) is 0 Å². The van der Waals surface area contributed by atoms with Gasteiger partial charge in [0.1, 0.15) is 0 Å². The molecule has 86 valence electrons. The summed E-state index contributed by atoms with van der Waals surface area (Å²) >= 11 is 0. The van der Waals surface area contributed by atoms with E-state index in [1.807, 2.05) is 7.05 Å². The van der Waals surface area contributed by atoms with Crippen LogP contribution in [0.2, 0.25) is 0 Å². The van der Waals surface area contributed by atoms with Crippen molar-refractivity contribution in [1.29, 1.82) is 0 Å². The lowest BCUT2D eigenvalue weighted by Gasteiger charge is -2.21. The molecule has 0 aromatic rings. The van der Waals surface area contributed by atoms with Crippen molar-refractivity contribution in [3.63, 3.8) is 0 Å². The summed E-state index contributed by atoms with van der Waals surface area (Å²) in [5, 5.41) is 6.19. The molecule has 2 saturated carbocycles. The van der Waals surface area contributed by atoms with E-state index in [1.54, 1.807) is 0 Å². The molecule has 4 unspecified atom stereocenters. The van der Waals surface area contributed by atoms with Crippen LogP contribution in [0.3, 0.4) is 0 Å². The van der Waals surface area contributed by atoms with E-state index >= 15 is 0 Å². The Balaban J connectivity index is 1.77. The van der Waals surface area contributed by atoms with Crippen LogP contribution in [-0.4, -0.2) is 25.5 Å². The van der Waals surface area contributed by atoms with Gasteiger partial charge in [0.2, 0.25) is 5.91 Å². The monoisotopic (exact) mass is 210 g/mol. The van der Waals surface area contributed by atoms with Gasteiger partial charge < -0.3 is 10.6 Å². The summed E-state index contributed by atoms with van der Waals surface area (Å²) in [5.41, 5.74) is 0. The average molecular weight is 210 g/mol. The molecule has 0 heterocycles. The average Bonchev–Trinajstić information content (AvgIpc) is 2.86. The van der Waals surface area contributed by atoms with Gasteiger partial charge in [-0.2, -0.15) is 0 Å². The van der Waals surface area contributed by atoms with Crippen molar-refractivity contribution in [1.82, 2.24) is 10.6 Å². The second-order valence-electron chi connectivity index (χ2n) is 5.22. The summed E-state index contributed by atoms with van der Waals surface area (Å²) in [6, 6.07) is 0.368. The molecule has 4 atom stereocenters. The fourth-order valence-corrected chi connectivity index (χ4v) is 3.05. The lowest BCUT2D eigenvalue weighted by molar-refractivity contribution is -0.126. The number of nitrogens with one attached hydrogen (secondary N) is 2. The molecule has 2 bridgehead atoms. The first-order valence-electron chi connectivity index (χ1n) is 6.15. The molecule has 0 aromatic carbocycles. The first kappa shape index (κ1) is 10.9. The Bertz CT molecular complexity index is 242. The van der Waals surface area contributed by atoms with E-state index in [-0.39, 0.29) is 0 Å². The number of carbonyl (C=O) groups excluding carboxylic acids is 1. The first-order valence-corrected chi connectivity index (χ1v) is 6.15. The van der Waals surface area contributed by atoms with Crippen LogP contribution in [0.4, 0.5) is 0 Å². The van der Waals surface area contributed by atoms with Crippen molar-refractivity contribution in [3.05, 3.63) is 0 Å². The third kappa shape index (κ3) is 2.33. The molecular weight excluding hydrogens is 188 g/mol. The third-order valence-corrected chi connectivity index (χ3v) is 4.15. The quantitative estimate of drug-likeness (QED) is 0.731. The van der Waals surface area contributed by atoms with Crippen LogP contribution in [0.25, 0.3) is 0 Å². The summed E-state index contributed by atoms with van der Waals surface area (Å²) in [7, 11) is 1.92. The van der Waals surface area contributed by atoms with Gasteiger partial charge in [0.05, 0.1) is 0 Å². The van der Waals surface area contributed by atoms with Crippen LogP contribution in [-0.2, 0) is 4.79 Å². The van der Waals surface area contributed by atoms with Crippen LogP contribution in [0.1, 0.15) is 32.6 Å². The minimum absolute atomic E-state index is 0.296. The molecule has 2 aliphatic carbocycles. The van der Waals surface area contributed by atoms with E-state index in [0.717, 1.165) is 18.9 Å². The van der Waals surface area contributed by atoms with Gasteiger partial charge in [-0.1, -0.05) is 6.42 Å². The van der Waals surface area contributed by atoms with Gasteiger partial charge in [0.25, 0.3) is 0 Å². The minimum atomic E-state index is 0.296. The zero-order valence-electron chi connectivity index (χ0n) is 9.75. The van der Waals surface area contributed by atoms with Crippen molar-refractivity contribution < 1.29 is 4.79 Å². The molecule has 3 nitrogen and oxygen atoms in total. The van der Waals surface area contributed by atoms with Crippen LogP contribution >= 0.6 is 0 Å². The largest absolute Gasteiger partial charge is 0.354 e. The molecule has 0 saturated heterocycles. The van der Waals surface area contributed by atoms with Gasteiger partial charge in [0, 0.05) is 18.5 Å². The lowest BCUT2D eigenvalue weighted by atomic mass is 9.88. The van der Waals surface area contributed by atoms with Crippen molar-refractivity contribution in [3.8, 4) is 0 Å². The summed E-state index contributed by atoms with van der Waals surface area (Å²) < 4.78 is 0. The number of likely N-dealkylation sites (N-methyl/N-ethyl adjacent to an activating group) is 1. The number of fused-ring (bicyclic) bond motifs is 2. The van der Waals surface area contributed by atoms with E-state index in [0.29, 0.717) is 23.8 Å². The Morgan fingerprint density at radius 2 is 2.20 bits per heavy atom. The Morgan fingerprint density at radius 3 is 2.73 bits per heavy atom. The predicted molar refractivity (Wildman–Crippen MR) is 60.5 cm³/mol. The highest BCUT2D eigenvalue weighted by Gasteiger charge is 2.42. The fourth-order valence-electron chi connectivity index (χ4n) is 3.05. The summed E-state index contributed by atoms with van der Waals surface area (Å²) in [6.45, 7) is 2.84. The van der Waals surface area contributed by atoms with Gasteiger partial charge in [-0.05, 0) is 45.1 Å². The second kappa shape index (κ2) is 4.52. The van der Waals surface area contributed by atoms with E-state index in [1.165, 1.54) is 19.3 Å². The Morgan fingerprint density at radius 1 is 1.40 bits per heavy atom. The zero-order chi connectivity index (χ0) is 10.8. The number of hydrogen-bond acceptors (Lipinski definition) is 2. The van der Waals surface area contributed by atoms with E-state index in [9.17, 15) is 4.79 Å². The zero-order valence-corrected chi connectivity index (χ0v) is 9.75. The molecular formula is C12H22N2O. The predicted octanol–water partition coefficient (Wildman–Crippen LogP) is 1.15. The molecule has 15 heavy (non-hydrogen) atoms. The van der Waals surface area contributed by atoms with Crippen molar-refractivity contribution >= 4 is 5.91 Å². The van der Waals surface area contributed by atoms with E-state index in [2.05, 4.69) is 17.6 Å². The number of carbonyl (C=O) groups is 1. The summed E-state index contributed by atoms with van der Waals surface area (Å²) in [4.78, 5) is 11.9. The number of rotatable bonds is 4. The van der Waals surface area contributed by atoms with Crippen molar-refractivity contribution in [2.24, 2.45) is 17.8 Å². The lowest BCUT2D eigenvalue weighted by Crippen LogP contribution is -2.41. The molecule has 0 spiro atoms. The summed E-state index contributed by atoms with van der Waals surface area (Å²) in [6.07, 6.45) is 5.09. The number of amides is 1.